The van der Waals surface area contributed by atoms with Gasteiger partial charge in [-0.25, -0.2) is 4.79 Å². The van der Waals surface area contributed by atoms with Crippen LogP contribution in [0.1, 0.15) is 22.8 Å². The molecule has 1 atom stereocenters. The average molecular weight is 251 g/mol. The van der Waals surface area contributed by atoms with Crippen LogP contribution in [0, 0.1) is 0 Å². The van der Waals surface area contributed by atoms with Crippen molar-refractivity contribution in [2.24, 2.45) is 0 Å². The summed E-state index contributed by atoms with van der Waals surface area (Å²) < 4.78 is 4.92. The van der Waals surface area contributed by atoms with Crippen LogP contribution in [-0.2, 0) is 16.0 Å². The molecule has 0 saturated carbocycles. The number of carboxylic acids is 1. The average Bonchev–Trinajstić information content (AvgIpc) is 2.29. The molecule has 0 aliphatic carbocycles. The number of ether oxygens (including phenoxy) is 1. The lowest BCUT2D eigenvalue weighted by atomic mass is 10.1. The van der Waals surface area contributed by atoms with E-state index in [1.54, 1.807) is 19.2 Å². The number of aromatic carboxylic acids is 1. The van der Waals surface area contributed by atoms with Crippen molar-refractivity contribution >= 4 is 11.9 Å². The zero-order valence-corrected chi connectivity index (χ0v) is 10.5. The summed E-state index contributed by atoms with van der Waals surface area (Å²) in [6, 6.07) is 6.22. The predicted molar refractivity (Wildman–Crippen MR) is 66.6 cm³/mol. The zero-order valence-electron chi connectivity index (χ0n) is 10.5. The molecule has 0 fully saturated rings. The summed E-state index contributed by atoms with van der Waals surface area (Å²) >= 11 is 0. The predicted octanol–water partition coefficient (Wildman–Crippen LogP) is 1.08. The van der Waals surface area contributed by atoms with Crippen molar-refractivity contribution in [2.45, 2.75) is 19.4 Å². The van der Waals surface area contributed by atoms with Crippen molar-refractivity contribution in [3.63, 3.8) is 0 Å². The van der Waals surface area contributed by atoms with E-state index in [9.17, 15) is 9.59 Å². The third-order valence-electron chi connectivity index (χ3n) is 2.39. The molecule has 5 nitrogen and oxygen atoms in total. The molecular weight excluding hydrogens is 234 g/mol. The Labute approximate surface area is 106 Å². The quantitative estimate of drug-likeness (QED) is 0.793. The summed E-state index contributed by atoms with van der Waals surface area (Å²) in [6.07, 6.45) is 0.230. The van der Waals surface area contributed by atoms with Crippen molar-refractivity contribution in [3.8, 4) is 0 Å². The fraction of sp³-hybridized carbons (Fsp3) is 0.385. The molecule has 18 heavy (non-hydrogen) atoms. The van der Waals surface area contributed by atoms with Crippen molar-refractivity contribution in [1.82, 2.24) is 5.32 Å². The number of hydrogen-bond donors (Lipinski definition) is 2. The number of carboxylic acid groups (broad SMARTS) is 1. The first kappa shape index (κ1) is 14.2. The maximum atomic E-state index is 11.6. The van der Waals surface area contributed by atoms with Crippen LogP contribution in [-0.4, -0.2) is 36.7 Å². The van der Waals surface area contributed by atoms with Gasteiger partial charge < -0.3 is 15.2 Å². The monoisotopic (exact) mass is 251 g/mol. The molecule has 5 heteroatoms. The lowest BCUT2D eigenvalue weighted by molar-refractivity contribution is -0.121. The fourth-order valence-electron chi connectivity index (χ4n) is 1.57. The molecule has 1 amide bonds. The zero-order chi connectivity index (χ0) is 13.5. The largest absolute Gasteiger partial charge is 0.478 e. The van der Waals surface area contributed by atoms with Crippen LogP contribution >= 0.6 is 0 Å². The second-order valence-corrected chi connectivity index (χ2v) is 4.10. The molecule has 1 aromatic rings. The van der Waals surface area contributed by atoms with E-state index in [0.29, 0.717) is 6.61 Å². The lowest BCUT2D eigenvalue weighted by Gasteiger charge is -2.12. The third-order valence-corrected chi connectivity index (χ3v) is 2.39. The van der Waals surface area contributed by atoms with Gasteiger partial charge in [-0.05, 0) is 24.6 Å². The van der Waals surface area contributed by atoms with Crippen molar-refractivity contribution in [1.29, 1.82) is 0 Å². The molecule has 0 aliphatic heterocycles. The van der Waals surface area contributed by atoms with Crippen LogP contribution in [0.3, 0.4) is 0 Å². The summed E-state index contributed by atoms with van der Waals surface area (Å²) in [6.45, 7) is 2.32. The first-order valence-corrected chi connectivity index (χ1v) is 5.63. The van der Waals surface area contributed by atoms with Crippen LogP contribution in [0.15, 0.2) is 24.3 Å². The number of amides is 1. The van der Waals surface area contributed by atoms with Gasteiger partial charge in [0, 0.05) is 13.2 Å². The second-order valence-electron chi connectivity index (χ2n) is 4.10. The third kappa shape index (κ3) is 4.55. The van der Waals surface area contributed by atoms with E-state index in [2.05, 4.69) is 5.32 Å². The van der Waals surface area contributed by atoms with Gasteiger partial charge in [-0.2, -0.15) is 0 Å². The molecule has 0 aliphatic rings. The molecule has 0 bridgehead atoms. The Morgan fingerprint density at radius 2 is 1.94 bits per heavy atom. The highest BCUT2D eigenvalue weighted by Crippen LogP contribution is 2.05. The Bertz CT molecular complexity index is 414. The van der Waals surface area contributed by atoms with E-state index in [1.807, 2.05) is 6.92 Å². The number of carbonyl (C=O) groups excluding carboxylic acids is 1. The van der Waals surface area contributed by atoms with Crippen molar-refractivity contribution < 1.29 is 19.4 Å². The lowest BCUT2D eigenvalue weighted by Crippen LogP contribution is -2.36. The van der Waals surface area contributed by atoms with Gasteiger partial charge in [-0.1, -0.05) is 12.1 Å². The van der Waals surface area contributed by atoms with Crippen LogP contribution in [0.2, 0.25) is 0 Å². The highest BCUT2D eigenvalue weighted by molar-refractivity contribution is 5.87. The molecule has 1 aromatic carbocycles. The van der Waals surface area contributed by atoms with Gasteiger partial charge in [0.1, 0.15) is 0 Å². The molecule has 0 radical (unpaired) electrons. The van der Waals surface area contributed by atoms with Gasteiger partial charge in [0.15, 0.2) is 0 Å². The van der Waals surface area contributed by atoms with E-state index in [1.165, 1.54) is 12.1 Å². The van der Waals surface area contributed by atoms with Gasteiger partial charge in [0.2, 0.25) is 5.91 Å². The standard InChI is InChI=1S/C13H17NO4/c1-9(8-18-2)14-12(15)7-10-3-5-11(6-4-10)13(16)17/h3-6,9H,7-8H2,1-2H3,(H,14,15)(H,16,17)/t9-/m1/s1. The molecular formula is C13H17NO4. The number of carbonyl (C=O) groups is 2. The number of benzene rings is 1. The van der Waals surface area contributed by atoms with Crippen LogP contribution in [0.4, 0.5) is 0 Å². The highest BCUT2D eigenvalue weighted by atomic mass is 16.5. The number of hydrogen-bond acceptors (Lipinski definition) is 3. The summed E-state index contributed by atoms with van der Waals surface area (Å²) in [5.41, 5.74) is 0.994. The Hall–Kier alpha value is -1.88. The fourth-order valence-corrected chi connectivity index (χ4v) is 1.57. The van der Waals surface area contributed by atoms with E-state index < -0.39 is 5.97 Å². The Morgan fingerprint density at radius 1 is 1.33 bits per heavy atom. The molecule has 0 saturated heterocycles. The Morgan fingerprint density at radius 3 is 2.44 bits per heavy atom. The van der Waals surface area contributed by atoms with Gasteiger partial charge in [0.05, 0.1) is 18.6 Å². The van der Waals surface area contributed by atoms with Gasteiger partial charge >= 0.3 is 5.97 Å². The smallest absolute Gasteiger partial charge is 0.335 e. The summed E-state index contributed by atoms with van der Waals surface area (Å²) in [7, 11) is 1.58. The summed E-state index contributed by atoms with van der Waals surface area (Å²) in [4.78, 5) is 22.3. The van der Waals surface area contributed by atoms with Gasteiger partial charge in [-0.3, -0.25) is 4.79 Å². The first-order valence-electron chi connectivity index (χ1n) is 5.63. The number of methoxy groups -OCH3 is 1. The summed E-state index contributed by atoms with van der Waals surface area (Å²) in [5.74, 6) is -1.08. The van der Waals surface area contributed by atoms with Crippen molar-refractivity contribution in [2.75, 3.05) is 13.7 Å². The summed E-state index contributed by atoms with van der Waals surface area (Å²) in [5, 5.41) is 11.5. The number of rotatable bonds is 6. The molecule has 0 heterocycles. The molecule has 0 aromatic heterocycles. The maximum Gasteiger partial charge on any atom is 0.335 e. The molecule has 98 valence electrons. The van der Waals surface area contributed by atoms with Crippen LogP contribution in [0.5, 0.6) is 0 Å². The van der Waals surface area contributed by atoms with E-state index in [4.69, 9.17) is 9.84 Å². The van der Waals surface area contributed by atoms with E-state index in [-0.39, 0.29) is 23.9 Å². The van der Waals surface area contributed by atoms with Crippen LogP contribution < -0.4 is 5.32 Å². The molecule has 0 spiro atoms. The Kier molecular flexibility index (Phi) is 5.32. The molecule has 0 unspecified atom stereocenters. The Balaban J connectivity index is 2.51. The minimum absolute atomic E-state index is 0.0409. The van der Waals surface area contributed by atoms with E-state index in [0.717, 1.165) is 5.56 Å². The second kappa shape index (κ2) is 6.76. The molecule has 2 N–H and O–H groups in total. The van der Waals surface area contributed by atoms with Gasteiger partial charge in [0.25, 0.3) is 0 Å². The molecule has 1 rings (SSSR count). The highest BCUT2D eigenvalue weighted by Gasteiger charge is 2.08. The minimum Gasteiger partial charge on any atom is -0.478 e. The van der Waals surface area contributed by atoms with Gasteiger partial charge in [-0.15, -0.1) is 0 Å². The maximum absolute atomic E-state index is 11.6. The SMILES string of the molecule is COC[C@@H](C)NC(=O)Cc1ccc(C(=O)O)cc1. The first-order chi connectivity index (χ1) is 8.52. The minimum atomic E-state index is -0.972. The number of nitrogens with one attached hydrogen (secondary N) is 1. The van der Waals surface area contributed by atoms with E-state index >= 15 is 0 Å². The topological polar surface area (TPSA) is 75.6 Å². The normalized spacial score (nSPS) is 11.9. The van der Waals surface area contributed by atoms with Crippen LogP contribution in [0.25, 0.3) is 0 Å². The van der Waals surface area contributed by atoms with Crippen molar-refractivity contribution in [3.05, 3.63) is 35.4 Å².